The molecule has 0 aliphatic carbocycles. The number of pyridine rings is 1. The Hall–Kier alpha value is -5.01. The van der Waals surface area contributed by atoms with E-state index in [1.165, 1.54) is 13.8 Å². The first-order valence-corrected chi connectivity index (χ1v) is 19.1. The second-order valence-electron chi connectivity index (χ2n) is 13.8. The van der Waals surface area contributed by atoms with E-state index >= 15 is 0 Å². The zero-order chi connectivity index (χ0) is 37.5. The quantitative estimate of drug-likeness (QED) is 0.140. The number of alkyl carbamates (subject to hydrolysis) is 1. The lowest BCUT2D eigenvalue weighted by molar-refractivity contribution is -0.131. The summed E-state index contributed by atoms with van der Waals surface area (Å²) in [4.78, 5) is 44.3. The number of benzene rings is 3. The molecule has 2 heterocycles. The van der Waals surface area contributed by atoms with Gasteiger partial charge >= 0.3 is 6.09 Å². The van der Waals surface area contributed by atoms with Gasteiger partial charge in [0.25, 0.3) is 5.91 Å². The lowest BCUT2D eigenvalue weighted by Crippen LogP contribution is -2.62. The van der Waals surface area contributed by atoms with Gasteiger partial charge in [-0.05, 0) is 49.4 Å². The minimum atomic E-state index is -3.87. The number of ether oxygens (including phenoxy) is 3. The molecule has 3 N–H and O–H groups in total. The van der Waals surface area contributed by atoms with E-state index in [1.807, 2.05) is 80.6 Å². The highest BCUT2D eigenvalue weighted by Gasteiger charge is 2.49. The summed E-state index contributed by atoms with van der Waals surface area (Å²) in [5, 5.41) is 10.1. The first-order valence-electron chi connectivity index (χ1n) is 17.2. The molecule has 5 atom stereocenters. The summed E-state index contributed by atoms with van der Waals surface area (Å²) < 4.78 is 41.6. The number of hydrogen-bond donors (Lipinski definition) is 3. The average Bonchev–Trinajstić information content (AvgIpc) is 3.90. The number of hydrogen-bond acceptors (Lipinski definition) is 9. The predicted molar refractivity (Wildman–Crippen MR) is 197 cm³/mol. The molecular formula is C39H46N4O8S. The van der Waals surface area contributed by atoms with E-state index in [4.69, 9.17) is 14.2 Å². The Labute approximate surface area is 304 Å². The standard InChI is InChI=1S/C39H46N4O8S/c1-25(2)34(27-15-10-7-11-16-27)43-38(46)50-23-32-35(51-32)30(21-26-13-8-6-9-14-26)41-37(45)36(39(3,4)52(5,47)48)42-33(44)24-49-31-18-12-17-28-22-40-20-19-29(28)31/h6-20,22,25,30,32,34-36H,21,23-24H2,1-5H3,(H,41,45)(H,42,44)(H,43,46)/t30-,32-,34-,35+,36+/m0/s1. The first kappa shape index (κ1) is 38.2. The SMILES string of the molecule is CC(C)[C@H](NC(=O)OC[C@@H]1O[C@@H]1[C@H](Cc1ccccc1)NC(=O)[C@@H](NC(=O)COc1cccc2cnccc12)C(C)(C)S(C)(=O)=O)c1ccccc1. The number of fused-ring (bicyclic) bond motifs is 1. The van der Waals surface area contributed by atoms with Crippen LogP contribution >= 0.6 is 0 Å². The van der Waals surface area contributed by atoms with Crippen LogP contribution in [0.4, 0.5) is 4.79 Å². The predicted octanol–water partition coefficient (Wildman–Crippen LogP) is 4.54. The van der Waals surface area contributed by atoms with E-state index in [2.05, 4.69) is 20.9 Å². The van der Waals surface area contributed by atoms with E-state index in [0.29, 0.717) is 12.2 Å². The molecule has 1 aliphatic heterocycles. The third kappa shape index (κ3) is 9.65. The van der Waals surface area contributed by atoms with Crippen molar-refractivity contribution in [3.8, 4) is 5.75 Å². The summed E-state index contributed by atoms with van der Waals surface area (Å²) in [6.45, 7) is 6.26. The number of epoxide rings is 1. The Morgan fingerprint density at radius 1 is 0.904 bits per heavy atom. The molecule has 1 saturated heterocycles. The molecule has 0 spiro atoms. The van der Waals surface area contributed by atoms with Gasteiger partial charge in [-0.25, -0.2) is 13.2 Å². The molecule has 0 unspecified atom stereocenters. The van der Waals surface area contributed by atoms with Crippen molar-refractivity contribution in [1.82, 2.24) is 20.9 Å². The maximum atomic E-state index is 14.1. The van der Waals surface area contributed by atoms with Gasteiger partial charge in [0.2, 0.25) is 5.91 Å². The average molecular weight is 731 g/mol. The topological polar surface area (TPSA) is 165 Å². The van der Waals surface area contributed by atoms with E-state index in [-0.39, 0.29) is 18.6 Å². The Morgan fingerprint density at radius 2 is 1.60 bits per heavy atom. The third-order valence-electron chi connectivity index (χ3n) is 9.34. The van der Waals surface area contributed by atoms with Gasteiger partial charge in [-0.3, -0.25) is 14.6 Å². The number of rotatable bonds is 16. The zero-order valence-corrected chi connectivity index (χ0v) is 30.8. The molecule has 1 aromatic heterocycles. The molecule has 4 aromatic rings. The molecule has 1 fully saturated rings. The van der Waals surface area contributed by atoms with E-state index < -0.39 is 63.4 Å². The summed E-state index contributed by atoms with van der Waals surface area (Å²) in [6.07, 6.45) is 2.98. The van der Waals surface area contributed by atoms with Crippen LogP contribution < -0.4 is 20.7 Å². The zero-order valence-electron chi connectivity index (χ0n) is 29.9. The van der Waals surface area contributed by atoms with Gasteiger partial charge in [0.05, 0.1) is 16.8 Å². The number of carbonyl (C=O) groups is 3. The summed E-state index contributed by atoms with van der Waals surface area (Å²) in [6, 6.07) is 23.7. The molecule has 276 valence electrons. The highest BCUT2D eigenvalue weighted by atomic mass is 32.2. The third-order valence-corrected chi connectivity index (χ3v) is 11.5. The van der Waals surface area contributed by atoms with Crippen LogP contribution in [0.25, 0.3) is 10.8 Å². The van der Waals surface area contributed by atoms with Gasteiger partial charge in [0.1, 0.15) is 30.6 Å². The van der Waals surface area contributed by atoms with Crippen LogP contribution in [0.15, 0.2) is 97.3 Å². The largest absolute Gasteiger partial charge is 0.483 e. The highest BCUT2D eigenvalue weighted by molar-refractivity contribution is 7.92. The Balaban J connectivity index is 1.27. The lowest BCUT2D eigenvalue weighted by atomic mass is 9.96. The van der Waals surface area contributed by atoms with Gasteiger partial charge in [-0.15, -0.1) is 0 Å². The van der Waals surface area contributed by atoms with Crippen LogP contribution in [0.3, 0.4) is 0 Å². The fraction of sp³-hybridized carbons (Fsp3) is 0.385. The van der Waals surface area contributed by atoms with Crippen molar-refractivity contribution in [2.75, 3.05) is 19.5 Å². The van der Waals surface area contributed by atoms with Crippen LogP contribution in [0.2, 0.25) is 0 Å². The fourth-order valence-electron chi connectivity index (χ4n) is 5.98. The van der Waals surface area contributed by atoms with E-state index in [0.717, 1.165) is 28.2 Å². The fourth-order valence-corrected chi connectivity index (χ4v) is 6.58. The maximum Gasteiger partial charge on any atom is 0.407 e. The second-order valence-corrected chi connectivity index (χ2v) is 16.4. The lowest BCUT2D eigenvalue weighted by Gasteiger charge is -2.33. The molecule has 0 radical (unpaired) electrons. The summed E-state index contributed by atoms with van der Waals surface area (Å²) in [5.41, 5.74) is 1.85. The van der Waals surface area contributed by atoms with Gasteiger partial charge < -0.3 is 30.2 Å². The molecule has 0 bridgehead atoms. The molecular weight excluding hydrogens is 685 g/mol. The van der Waals surface area contributed by atoms with Crippen molar-refractivity contribution in [2.45, 2.75) is 69.2 Å². The molecule has 3 amide bonds. The minimum Gasteiger partial charge on any atom is -0.483 e. The van der Waals surface area contributed by atoms with Crippen LogP contribution in [0.5, 0.6) is 5.75 Å². The van der Waals surface area contributed by atoms with Crippen LogP contribution in [-0.2, 0) is 35.3 Å². The van der Waals surface area contributed by atoms with Gasteiger partial charge in [0.15, 0.2) is 16.4 Å². The monoisotopic (exact) mass is 730 g/mol. The smallest absolute Gasteiger partial charge is 0.407 e. The molecule has 5 rings (SSSR count). The summed E-state index contributed by atoms with van der Waals surface area (Å²) in [7, 11) is -3.87. The van der Waals surface area contributed by atoms with Gasteiger partial charge in [0, 0.05) is 29.4 Å². The molecule has 12 nitrogen and oxygen atoms in total. The van der Waals surface area contributed by atoms with E-state index in [9.17, 15) is 22.8 Å². The molecule has 13 heteroatoms. The van der Waals surface area contributed by atoms with Crippen molar-refractivity contribution < 1.29 is 37.0 Å². The number of aromatic nitrogens is 1. The van der Waals surface area contributed by atoms with Crippen molar-refractivity contribution in [3.63, 3.8) is 0 Å². The summed E-state index contributed by atoms with van der Waals surface area (Å²) >= 11 is 0. The van der Waals surface area contributed by atoms with Crippen LogP contribution in [0, 0.1) is 5.92 Å². The number of nitrogens with one attached hydrogen (secondary N) is 3. The van der Waals surface area contributed by atoms with Crippen molar-refractivity contribution in [3.05, 3.63) is 108 Å². The first-order chi connectivity index (χ1) is 24.7. The number of nitrogens with zero attached hydrogens (tertiary/aromatic N) is 1. The molecule has 52 heavy (non-hydrogen) atoms. The molecule has 0 saturated carbocycles. The molecule has 3 aromatic carbocycles. The van der Waals surface area contributed by atoms with Crippen LogP contribution in [0.1, 0.15) is 44.9 Å². The summed E-state index contributed by atoms with van der Waals surface area (Å²) in [5.74, 6) is -0.847. The van der Waals surface area contributed by atoms with Crippen LogP contribution in [-0.4, -0.2) is 79.8 Å². The number of carbonyl (C=O) groups excluding carboxylic acids is 3. The van der Waals surface area contributed by atoms with E-state index in [1.54, 1.807) is 30.6 Å². The minimum absolute atomic E-state index is 0.0617. The van der Waals surface area contributed by atoms with Crippen molar-refractivity contribution in [1.29, 1.82) is 0 Å². The van der Waals surface area contributed by atoms with Gasteiger partial charge in [-0.2, -0.15) is 0 Å². The normalized spacial score (nSPS) is 17.4. The van der Waals surface area contributed by atoms with Crippen molar-refractivity contribution in [2.24, 2.45) is 5.92 Å². The van der Waals surface area contributed by atoms with Crippen molar-refractivity contribution >= 4 is 38.5 Å². The Kier molecular flexibility index (Phi) is 12.2. The Morgan fingerprint density at radius 3 is 2.27 bits per heavy atom. The Bertz CT molecular complexity index is 1950. The number of amides is 3. The second kappa shape index (κ2) is 16.6. The highest BCUT2D eigenvalue weighted by Crippen LogP contribution is 2.30. The maximum absolute atomic E-state index is 14.1. The van der Waals surface area contributed by atoms with Gasteiger partial charge in [-0.1, -0.05) is 86.6 Å². The molecule has 1 aliphatic rings. The number of sulfone groups is 1.